The molecule has 1 heterocycles. The number of nitrogens with one attached hydrogen (secondary N) is 1. The Labute approximate surface area is 185 Å². The molecule has 1 aromatic heterocycles. The highest BCUT2D eigenvalue weighted by molar-refractivity contribution is 7.92. The quantitative estimate of drug-likeness (QED) is 0.545. The van der Waals surface area contributed by atoms with E-state index in [2.05, 4.69) is 15.5 Å². The molecule has 0 spiro atoms. The zero-order valence-electron chi connectivity index (χ0n) is 17.1. The standard InChI is InChI=1S/C20H21ClN4O5S/c1-13(29-15-10-8-14(9-11-15)25(2)31(3,27)28)20(26)22-12-18-23-19(24-30-18)16-6-4-5-7-17(16)21/h4-11,13H,12H2,1-3H3,(H,22,26)/t13-/m1/s1. The van der Waals surface area contributed by atoms with Gasteiger partial charge in [0.2, 0.25) is 21.7 Å². The van der Waals surface area contributed by atoms with Crippen LogP contribution in [0.3, 0.4) is 0 Å². The molecule has 0 saturated heterocycles. The van der Waals surface area contributed by atoms with Gasteiger partial charge in [0.1, 0.15) is 5.75 Å². The lowest BCUT2D eigenvalue weighted by Gasteiger charge is -2.18. The largest absolute Gasteiger partial charge is 0.481 e. The fourth-order valence-electron chi connectivity index (χ4n) is 2.57. The number of halogens is 1. The molecule has 0 radical (unpaired) electrons. The van der Waals surface area contributed by atoms with Crippen molar-refractivity contribution in [1.29, 1.82) is 0 Å². The number of ether oxygens (including phenoxy) is 1. The van der Waals surface area contributed by atoms with Crippen molar-refractivity contribution in [2.24, 2.45) is 0 Å². The fraction of sp³-hybridized carbons (Fsp3) is 0.250. The van der Waals surface area contributed by atoms with E-state index in [0.29, 0.717) is 27.8 Å². The number of amides is 1. The van der Waals surface area contributed by atoms with Gasteiger partial charge in [0.15, 0.2) is 6.10 Å². The Kier molecular flexibility index (Phi) is 6.81. The molecule has 0 fully saturated rings. The Morgan fingerprint density at radius 2 is 1.90 bits per heavy atom. The van der Waals surface area contributed by atoms with Crippen LogP contribution >= 0.6 is 11.6 Å². The lowest BCUT2D eigenvalue weighted by molar-refractivity contribution is -0.127. The van der Waals surface area contributed by atoms with Gasteiger partial charge < -0.3 is 14.6 Å². The highest BCUT2D eigenvalue weighted by Gasteiger charge is 2.18. The van der Waals surface area contributed by atoms with Gasteiger partial charge in [-0.05, 0) is 43.3 Å². The third kappa shape index (κ3) is 5.74. The molecule has 1 N–H and O–H groups in total. The summed E-state index contributed by atoms with van der Waals surface area (Å²) in [5.41, 5.74) is 1.12. The molecule has 0 bridgehead atoms. The van der Waals surface area contributed by atoms with Gasteiger partial charge in [-0.25, -0.2) is 8.42 Å². The zero-order chi connectivity index (χ0) is 22.6. The Hall–Kier alpha value is -3.11. The molecule has 9 nitrogen and oxygen atoms in total. The number of sulfonamides is 1. The molecule has 0 aliphatic carbocycles. The molecule has 0 aliphatic heterocycles. The predicted molar refractivity (Wildman–Crippen MR) is 116 cm³/mol. The van der Waals surface area contributed by atoms with Crippen molar-refractivity contribution in [3.05, 3.63) is 59.4 Å². The third-order valence-corrected chi connectivity index (χ3v) is 5.91. The molecule has 3 rings (SSSR count). The minimum atomic E-state index is -3.36. The van der Waals surface area contributed by atoms with Crippen LogP contribution in [0.5, 0.6) is 5.75 Å². The van der Waals surface area contributed by atoms with Gasteiger partial charge >= 0.3 is 0 Å². The summed E-state index contributed by atoms with van der Waals surface area (Å²) in [6.45, 7) is 1.62. The van der Waals surface area contributed by atoms with Crippen molar-refractivity contribution in [3.63, 3.8) is 0 Å². The SMILES string of the molecule is C[C@@H](Oc1ccc(N(C)S(C)(=O)=O)cc1)C(=O)NCc1nc(-c2ccccc2Cl)no1. The summed E-state index contributed by atoms with van der Waals surface area (Å²) in [4.78, 5) is 16.6. The second-order valence-corrected chi connectivity index (χ2v) is 9.11. The Morgan fingerprint density at radius 1 is 1.23 bits per heavy atom. The lowest BCUT2D eigenvalue weighted by atomic mass is 10.2. The second-order valence-electron chi connectivity index (χ2n) is 6.69. The number of aromatic nitrogens is 2. The summed E-state index contributed by atoms with van der Waals surface area (Å²) in [5.74, 6) is 0.601. The van der Waals surface area contributed by atoms with E-state index in [4.69, 9.17) is 20.9 Å². The number of carbonyl (C=O) groups excluding carboxylic acids is 1. The van der Waals surface area contributed by atoms with Gasteiger partial charge in [-0.15, -0.1) is 0 Å². The van der Waals surface area contributed by atoms with Gasteiger partial charge in [0.25, 0.3) is 5.91 Å². The topological polar surface area (TPSA) is 115 Å². The number of benzene rings is 2. The van der Waals surface area contributed by atoms with Crippen LogP contribution in [0.1, 0.15) is 12.8 Å². The van der Waals surface area contributed by atoms with E-state index in [0.717, 1.165) is 10.6 Å². The number of carbonyl (C=O) groups is 1. The van der Waals surface area contributed by atoms with Crippen LogP contribution in [0.4, 0.5) is 5.69 Å². The van der Waals surface area contributed by atoms with E-state index in [-0.39, 0.29) is 18.3 Å². The van der Waals surface area contributed by atoms with E-state index < -0.39 is 16.1 Å². The van der Waals surface area contributed by atoms with E-state index in [1.807, 2.05) is 6.07 Å². The first-order valence-corrected chi connectivity index (χ1v) is 11.4. The molecule has 0 saturated carbocycles. The maximum absolute atomic E-state index is 12.3. The van der Waals surface area contributed by atoms with Crippen molar-refractivity contribution in [1.82, 2.24) is 15.5 Å². The number of nitrogens with zero attached hydrogens (tertiary/aromatic N) is 3. The number of rotatable bonds is 8. The van der Waals surface area contributed by atoms with Crippen LogP contribution in [0, 0.1) is 0 Å². The van der Waals surface area contributed by atoms with Crippen molar-refractivity contribution in [2.45, 2.75) is 19.6 Å². The first kappa shape index (κ1) is 22.6. The van der Waals surface area contributed by atoms with E-state index in [9.17, 15) is 13.2 Å². The Bertz CT molecular complexity index is 1160. The highest BCUT2D eigenvalue weighted by atomic mass is 35.5. The maximum atomic E-state index is 12.3. The summed E-state index contributed by atoms with van der Waals surface area (Å²) in [6.07, 6.45) is 0.314. The molecule has 0 unspecified atom stereocenters. The fourth-order valence-corrected chi connectivity index (χ4v) is 3.29. The van der Waals surface area contributed by atoms with E-state index in [1.54, 1.807) is 49.4 Å². The Balaban J connectivity index is 1.55. The molecule has 11 heteroatoms. The summed E-state index contributed by atoms with van der Waals surface area (Å²) < 4.78 is 35.1. The zero-order valence-corrected chi connectivity index (χ0v) is 18.6. The van der Waals surface area contributed by atoms with Crippen LogP contribution in [0.25, 0.3) is 11.4 Å². The van der Waals surface area contributed by atoms with E-state index >= 15 is 0 Å². The normalized spacial score (nSPS) is 12.3. The van der Waals surface area contributed by atoms with Crippen LogP contribution in [-0.2, 0) is 21.4 Å². The van der Waals surface area contributed by atoms with Gasteiger partial charge in [-0.3, -0.25) is 9.10 Å². The molecule has 3 aromatic rings. The maximum Gasteiger partial charge on any atom is 0.261 e. The van der Waals surface area contributed by atoms with Gasteiger partial charge in [0.05, 0.1) is 23.5 Å². The van der Waals surface area contributed by atoms with Gasteiger partial charge in [0, 0.05) is 12.6 Å². The minimum absolute atomic E-state index is 0.0298. The summed E-state index contributed by atoms with van der Waals surface area (Å²) >= 11 is 6.12. The minimum Gasteiger partial charge on any atom is -0.481 e. The summed E-state index contributed by atoms with van der Waals surface area (Å²) in [7, 11) is -1.90. The van der Waals surface area contributed by atoms with Crippen molar-refractivity contribution < 1.29 is 22.5 Å². The van der Waals surface area contributed by atoms with Crippen molar-refractivity contribution in [3.8, 4) is 17.1 Å². The third-order valence-electron chi connectivity index (χ3n) is 4.38. The van der Waals surface area contributed by atoms with E-state index in [1.165, 1.54) is 7.05 Å². The molecular formula is C20H21ClN4O5S. The van der Waals surface area contributed by atoms with Crippen molar-refractivity contribution >= 4 is 33.2 Å². The first-order chi connectivity index (χ1) is 14.6. The summed E-state index contributed by atoms with van der Waals surface area (Å²) in [5, 5.41) is 7.04. The average molecular weight is 465 g/mol. The number of hydrogen-bond donors (Lipinski definition) is 1. The molecule has 31 heavy (non-hydrogen) atoms. The molecule has 1 amide bonds. The number of hydrogen-bond acceptors (Lipinski definition) is 7. The van der Waals surface area contributed by atoms with Crippen LogP contribution in [0.2, 0.25) is 5.02 Å². The smallest absolute Gasteiger partial charge is 0.261 e. The second kappa shape index (κ2) is 9.36. The lowest BCUT2D eigenvalue weighted by Crippen LogP contribution is -2.36. The molecular weight excluding hydrogens is 444 g/mol. The number of anilines is 1. The monoisotopic (exact) mass is 464 g/mol. The first-order valence-electron chi connectivity index (χ1n) is 9.21. The molecule has 1 atom stereocenters. The Morgan fingerprint density at radius 3 is 2.55 bits per heavy atom. The molecule has 0 aliphatic rings. The van der Waals surface area contributed by atoms with Gasteiger partial charge in [-0.2, -0.15) is 4.98 Å². The highest BCUT2D eigenvalue weighted by Crippen LogP contribution is 2.25. The van der Waals surface area contributed by atoms with Gasteiger partial charge in [-0.1, -0.05) is 28.9 Å². The molecule has 2 aromatic carbocycles. The molecule has 164 valence electrons. The summed E-state index contributed by atoms with van der Waals surface area (Å²) in [6, 6.07) is 13.5. The van der Waals surface area contributed by atoms with Crippen LogP contribution in [0.15, 0.2) is 53.1 Å². The van der Waals surface area contributed by atoms with Crippen LogP contribution in [-0.4, -0.2) is 43.9 Å². The predicted octanol–water partition coefficient (Wildman–Crippen LogP) is 2.87. The average Bonchev–Trinajstić information content (AvgIpc) is 3.20. The van der Waals surface area contributed by atoms with Crippen molar-refractivity contribution in [2.75, 3.05) is 17.6 Å². The van der Waals surface area contributed by atoms with Crippen LogP contribution < -0.4 is 14.4 Å².